The Morgan fingerprint density at radius 2 is 1.80 bits per heavy atom. The van der Waals surface area contributed by atoms with Gasteiger partial charge in [0.25, 0.3) is 0 Å². The largest absolute Gasteiger partial charge is 0.478 e. The van der Waals surface area contributed by atoms with Crippen molar-refractivity contribution in [1.82, 2.24) is 4.98 Å². The number of halogens is 3. The molecule has 1 saturated heterocycles. The molecule has 0 unspecified atom stereocenters. The molecule has 0 radical (unpaired) electrons. The van der Waals surface area contributed by atoms with Crippen LogP contribution in [0.15, 0.2) is 47.8 Å². The van der Waals surface area contributed by atoms with Gasteiger partial charge >= 0.3 is 17.8 Å². The number of hydrogen-bond acceptors (Lipinski definition) is 8. The van der Waals surface area contributed by atoms with Gasteiger partial charge in [0.05, 0.1) is 28.1 Å². The number of carbonyl (C=O) groups is 2. The molecule has 2 aliphatic heterocycles. The molecule has 3 heterocycles. The number of pyridine rings is 1. The molecule has 0 bridgehead atoms. The third kappa shape index (κ3) is 5.27. The number of aromatic nitrogens is 1. The first kappa shape index (κ1) is 29.0. The number of nitrogens with two attached hydrogens (primary N) is 1. The van der Waals surface area contributed by atoms with Gasteiger partial charge in [-0.05, 0) is 48.7 Å². The van der Waals surface area contributed by atoms with Gasteiger partial charge in [0, 0.05) is 37.3 Å². The van der Waals surface area contributed by atoms with Crippen molar-refractivity contribution in [3.8, 4) is 28.5 Å². The number of nitriles is 1. The van der Waals surface area contributed by atoms with Gasteiger partial charge in [0.1, 0.15) is 17.7 Å². The number of hydrogen-bond donors (Lipinski definition) is 3. The maximum Gasteiger partial charge on any atom is 0.352 e. The van der Waals surface area contributed by atoms with Crippen LogP contribution in [0.4, 0.5) is 24.7 Å². The summed E-state index contributed by atoms with van der Waals surface area (Å²) in [6, 6.07) is 10.6. The molecule has 5 rings (SSSR count). The molecule has 212 valence electrons. The summed E-state index contributed by atoms with van der Waals surface area (Å²) in [4.78, 5) is 40.1. The first-order valence-corrected chi connectivity index (χ1v) is 12.2. The minimum Gasteiger partial charge on any atom is -0.478 e. The Kier molecular flexibility index (Phi) is 7.93. The third-order valence-corrected chi connectivity index (χ3v) is 7.02. The minimum atomic E-state index is -3.80. The summed E-state index contributed by atoms with van der Waals surface area (Å²) in [5.41, 5.74) is 5.26. The number of anilines is 2. The van der Waals surface area contributed by atoms with E-state index in [0.717, 1.165) is 17.0 Å². The summed E-state index contributed by atoms with van der Waals surface area (Å²) in [7, 11) is 1.23. The van der Waals surface area contributed by atoms with E-state index in [0.29, 0.717) is 31.7 Å². The van der Waals surface area contributed by atoms with E-state index in [1.54, 1.807) is 6.07 Å². The minimum absolute atomic E-state index is 0.000766. The van der Waals surface area contributed by atoms with Gasteiger partial charge in [0.15, 0.2) is 5.34 Å². The highest BCUT2D eigenvalue weighted by Gasteiger charge is 2.51. The van der Waals surface area contributed by atoms with Crippen LogP contribution in [0, 0.1) is 22.1 Å². The van der Waals surface area contributed by atoms with E-state index in [4.69, 9.17) is 21.1 Å². The fourth-order valence-corrected chi connectivity index (χ4v) is 4.92. The lowest BCUT2D eigenvalue weighted by molar-refractivity contribution is -0.141. The normalized spacial score (nSPS) is 16.0. The number of carbonyl (C=O) groups excluding carboxylic acids is 1. The molecule has 4 N–H and O–H groups in total. The van der Waals surface area contributed by atoms with Gasteiger partial charge in [0.2, 0.25) is 0 Å². The fourth-order valence-electron chi connectivity index (χ4n) is 4.92. The van der Waals surface area contributed by atoms with Crippen LogP contribution >= 0.6 is 0 Å². The Bertz CT molecular complexity index is 1580. The molecule has 1 fully saturated rings. The molecule has 2 aromatic carbocycles. The van der Waals surface area contributed by atoms with E-state index in [1.807, 2.05) is 4.90 Å². The summed E-state index contributed by atoms with van der Waals surface area (Å²) in [6.45, 7) is 1.04. The number of rotatable bonds is 4. The van der Waals surface area contributed by atoms with Gasteiger partial charge in [-0.25, -0.2) is 14.2 Å². The molecule has 1 aromatic heterocycles. The lowest BCUT2D eigenvalue weighted by Crippen LogP contribution is -2.40. The van der Waals surface area contributed by atoms with Crippen LogP contribution in [0.25, 0.3) is 22.4 Å². The number of nitrogens with zero attached hydrogens (tertiary/aromatic N) is 5. The number of amides is 1. The van der Waals surface area contributed by atoms with E-state index < -0.39 is 29.2 Å². The number of carboxylic acids is 1. The highest BCUT2D eigenvalue weighted by molar-refractivity contribution is 6.07. The van der Waals surface area contributed by atoms with Crippen LogP contribution in [0.1, 0.15) is 34.3 Å². The van der Waals surface area contributed by atoms with Crippen molar-refractivity contribution in [2.75, 3.05) is 29.9 Å². The Labute approximate surface area is 231 Å². The number of aromatic carboxylic acids is 1. The van der Waals surface area contributed by atoms with Crippen LogP contribution in [0.2, 0.25) is 0 Å². The van der Waals surface area contributed by atoms with Gasteiger partial charge in [-0.2, -0.15) is 14.0 Å². The summed E-state index contributed by atoms with van der Waals surface area (Å²) < 4.78 is 44.3. The smallest absolute Gasteiger partial charge is 0.352 e. The van der Waals surface area contributed by atoms with Crippen LogP contribution in [0.5, 0.6) is 0 Å². The zero-order valence-corrected chi connectivity index (χ0v) is 21.5. The second-order valence-electron chi connectivity index (χ2n) is 9.44. The lowest BCUT2D eigenvalue weighted by Gasteiger charge is -2.32. The maximum atomic E-state index is 14.8. The predicted octanol–water partition coefficient (Wildman–Crippen LogP) is 4.26. The van der Waals surface area contributed by atoms with Gasteiger partial charge in [-0.1, -0.05) is 12.1 Å². The van der Waals surface area contributed by atoms with Crippen molar-refractivity contribution in [2.24, 2.45) is 11.1 Å². The molecule has 3 aromatic rings. The molecule has 1 amide bonds. The zero-order valence-electron chi connectivity index (χ0n) is 21.5. The Balaban J connectivity index is 0.00000124. The summed E-state index contributed by atoms with van der Waals surface area (Å²) in [5.74, 6) is -7.05. The zero-order chi connectivity index (χ0) is 30.1. The maximum absolute atomic E-state index is 14.8. The van der Waals surface area contributed by atoms with Crippen molar-refractivity contribution in [3.05, 3.63) is 69.9 Å². The molecule has 2 aliphatic rings. The molecule has 0 aliphatic carbocycles. The number of benzene rings is 2. The number of likely N-dealkylation sites (N-methyl/N-ethyl adjacent to an activating group) is 1. The summed E-state index contributed by atoms with van der Waals surface area (Å²) in [6.07, 6.45) is 1.32. The van der Waals surface area contributed by atoms with Gasteiger partial charge < -0.3 is 25.8 Å². The Morgan fingerprint density at radius 1 is 1.17 bits per heavy atom. The van der Waals surface area contributed by atoms with Crippen molar-refractivity contribution >= 4 is 23.4 Å². The predicted molar refractivity (Wildman–Crippen MR) is 141 cm³/mol. The van der Waals surface area contributed by atoms with Crippen LogP contribution in [-0.2, 0) is 10.7 Å². The number of piperidine rings is 1. The molecule has 11 nitrogen and oxygen atoms in total. The lowest BCUT2D eigenvalue weighted by atomic mass is 9.92. The monoisotopic (exact) mass is 568 g/mol. The molecular weight excluding hydrogens is 545 g/mol. The SMILES string of the molecule is CN1C(=O)C(F)(F)c2cc(-c3c(C(=O)O)cc(N4CCC(N)CC4)nc3-c3ccc(C#N)c(F)c3)ccc21.O=NO. The Hall–Kier alpha value is -5.03. The summed E-state index contributed by atoms with van der Waals surface area (Å²) in [5, 5.41) is 27.2. The quantitative estimate of drug-likeness (QED) is 0.307. The van der Waals surface area contributed by atoms with E-state index in [2.05, 4.69) is 4.98 Å². The molecule has 0 spiro atoms. The van der Waals surface area contributed by atoms with Crippen LogP contribution in [-0.4, -0.2) is 53.4 Å². The number of fused-ring (bicyclic) bond motifs is 1. The third-order valence-electron chi connectivity index (χ3n) is 7.02. The Morgan fingerprint density at radius 3 is 2.39 bits per heavy atom. The average molecular weight is 569 g/mol. The fraction of sp³-hybridized carbons (Fsp3) is 0.259. The highest BCUT2D eigenvalue weighted by Crippen LogP contribution is 2.46. The van der Waals surface area contributed by atoms with Gasteiger partial charge in [-0.3, -0.25) is 4.79 Å². The van der Waals surface area contributed by atoms with Crippen LogP contribution < -0.4 is 15.5 Å². The first-order valence-electron chi connectivity index (χ1n) is 12.2. The second kappa shape index (κ2) is 11.2. The molecular formula is C27H23F3N6O5. The van der Waals surface area contributed by atoms with E-state index in [-0.39, 0.29) is 45.2 Å². The van der Waals surface area contributed by atoms with Crippen molar-refractivity contribution in [2.45, 2.75) is 24.8 Å². The van der Waals surface area contributed by atoms with E-state index >= 15 is 0 Å². The van der Waals surface area contributed by atoms with E-state index in [9.17, 15) is 27.9 Å². The molecule has 0 saturated carbocycles. The molecule has 0 atom stereocenters. The van der Waals surface area contributed by atoms with Crippen molar-refractivity contribution in [3.63, 3.8) is 0 Å². The topological polar surface area (TPSA) is 173 Å². The van der Waals surface area contributed by atoms with E-state index in [1.165, 1.54) is 42.7 Å². The van der Waals surface area contributed by atoms with Gasteiger partial charge in [-0.15, -0.1) is 4.91 Å². The highest BCUT2D eigenvalue weighted by atomic mass is 19.3. The number of alkyl halides is 2. The second-order valence-corrected chi connectivity index (χ2v) is 9.44. The van der Waals surface area contributed by atoms with Crippen molar-refractivity contribution in [1.29, 1.82) is 5.26 Å². The molecule has 41 heavy (non-hydrogen) atoms. The van der Waals surface area contributed by atoms with Crippen molar-refractivity contribution < 1.29 is 33.1 Å². The number of carboxylic acid groups (broad SMARTS) is 1. The first-order chi connectivity index (χ1) is 19.4. The summed E-state index contributed by atoms with van der Waals surface area (Å²) >= 11 is 0. The average Bonchev–Trinajstić information content (AvgIpc) is 3.12. The van der Waals surface area contributed by atoms with Crippen LogP contribution in [0.3, 0.4) is 0 Å². The standard InChI is InChI=1S/C27H22F3N5O3.HNO2/c1-34-21-5-4-14(10-19(21)27(29,30)26(34)38)23-18(25(36)37)12-22(35-8-6-17(32)7-9-35)33-24(23)15-2-3-16(13-31)20(28)11-15;2-1-3/h2-5,10-12,17H,6-9,32H2,1H3,(H,36,37);(H,2,3). The molecule has 14 heteroatoms.